The Labute approximate surface area is 98.4 Å². The fourth-order valence-corrected chi connectivity index (χ4v) is 1.91. The van der Waals surface area contributed by atoms with E-state index in [4.69, 9.17) is 10.5 Å². The fourth-order valence-electron chi connectivity index (χ4n) is 1.45. The number of halogens is 1. The Hall–Kier alpha value is -0.580. The molecule has 15 heavy (non-hydrogen) atoms. The summed E-state index contributed by atoms with van der Waals surface area (Å²) in [5, 5.41) is 9.89. The predicted octanol–water partition coefficient (Wildman–Crippen LogP) is 2.15. The van der Waals surface area contributed by atoms with E-state index in [0.717, 1.165) is 21.3 Å². The van der Waals surface area contributed by atoms with Crippen LogP contribution in [0, 0.1) is 6.92 Å². The number of aliphatic hydroxyl groups is 1. The van der Waals surface area contributed by atoms with Crippen LogP contribution >= 0.6 is 15.9 Å². The maximum Gasteiger partial charge on any atom is 0.120 e. The van der Waals surface area contributed by atoms with Crippen molar-refractivity contribution in [1.29, 1.82) is 0 Å². The highest BCUT2D eigenvalue weighted by Crippen LogP contribution is 2.31. The molecule has 1 unspecified atom stereocenters. The van der Waals surface area contributed by atoms with Crippen LogP contribution in [0.25, 0.3) is 0 Å². The summed E-state index contributed by atoms with van der Waals surface area (Å²) in [5.74, 6) is 0.735. The van der Waals surface area contributed by atoms with E-state index in [2.05, 4.69) is 15.9 Å². The number of ether oxygens (including phenoxy) is 1. The molecular weight excluding hydrogens is 258 g/mol. The van der Waals surface area contributed by atoms with Crippen molar-refractivity contribution in [1.82, 2.24) is 0 Å². The monoisotopic (exact) mass is 273 g/mol. The number of methoxy groups -OCH3 is 1. The van der Waals surface area contributed by atoms with Crippen molar-refractivity contribution in [2.45, 2.75) is 19.4 Å². The van der Waals surface area contributed by atoms with Crippen molar-refractivity contribution in [2.75, 3.05) is 13.7 Å². The topological polar surface area (TPSA) is 55.5 Å². The molecular formula is C11H16BrNO2. The smallest absolute Gasteiger partial charge is 0.120 e. The first kappa shape index (κ1) is 12.5. The first-order valence-corrected chi connectivity index (χ1v) is 5.61. The summed E-state index contributed by atoms with van der Waals surface area (Å²) in [5.41, 5.74) is 7.31. The fraction of sp³-hybridized carbons (Fsp3) is 0.455. The number of hydrogen-bond acceptors (Lipinski definition) is 3. The highest BCUT2D eigenvalue weighted by Gasteiger charge is 2.13. The van der Waals surface area contributed by atoms with Crippen LogP contribution < -0.4 is 10.5 Å². The van der Waals surface area contributed by atoms with Gasteiger partial charge in [0.15, 0.2) is 0 Å². The lowest BCUT2D eigenvalue weighted by atomic mass is 10.0. The molecule has 84 valence electrons. The molecule has 0 saturated carbocycles. The van der Waals surface area contributed by atoms with Gasteiger partial charge in [-0.3, -0.25) is 0 Å². The summed E-state index contributed by atoms with van der Waals surface area (Å²) in [6.45, 7) is 2.42. The standard InChI is InChI=1S/C11H16BrNO2/c1-7-9(11(14)3-4-13)5-8(15-2)6-10(7)12/h5-6,11,14H,3-4,13H2,1-2H3. The van der Waals surface area contributed by atoms with Gasteiger partial charge >= 0.3 is 0 Å². The Morgan fingerprint density at radius 1 is 1.53 bits per heavy atom. The molecule has 1 rings (SSSR count). The van der Waals surface area contributed by atoms with Crippen LogP contribution in [0.2, 0.25) is 0 Å². The summed E-state index contributed by atoms with van der Waals surface area (Å²) in [4.78, 5) is 0. The van der Waals surface area contributed by atoms with E-state index in [1.807, 2.05) is 19.1 Å². The number of benzene rings is 1. The van der Waals surface area contributed by atoms with E-state index in [1.54, 1.807) is 7.11 Å². The second-order valence-corrected chi connectivity index (χ2v) is 4.27. The van der Waals surface area contributed by atoms with Gasteiger partial charge in [-0.05, 0) is 43.1 Å². The zero-order valence-electron chi connectivity index (χ0n) is 8.96. The highest BCUT2D eigenvalue weighted by molar-refractivity contribution is 9.10. The van der Waals surface area contributed by atoms with E-state index in [1.165, 1.54) is 0 Å². The van der Waals surface area contributed by atoms with Crippen molar-refractivity contribution in [2.24, 2.45) is 5.73 Å². The Morgan fingerprint density at radius 3 is 2.73 bits per heavy atom. The Bertz CT molecular complexity index is 342. The van der Waals surface area contributed by atoms with Gasteiger partial charge in [0.1, 0.15) is 5.75 Å². The molecule has 0 heterocycles. The average Bonchev–Trinajstić information content (AvgIpc) is 2.22. The average molecular weight is 274 g/mol. The van der Waals surface area contributed by atoms with E-state index in [-0.39, 0.29) is 0 Å². The third-order valence-corrected chi connectivity index (χ3v) is 3.22. The minimum Gasteiger partial charge on any atom is -0.497 e. The minimum atomic E-state index is -0.526. The van der Waals surface area contributed by atoms with Gasteiger partial charge in [0.05, 0.1) is 13.2 Å². The van der Waals surface area contributed by atoms with Crippen molar-refractivity contribution in [3.63, 3.8) is 0 Å². The molecule has 4 heteroatoms. The molecule has 0 radical (unpaired) electrons. The van der Waals surface area contributed by atoms with Gasteiger partial charge in [-0.2, -0.15) is 0 Å². The first-order valence-electron chi connectivity index (χ1n) is 4.82. The van der Waals surface area contributed by atoms with E-state index in [0.29, 0.717) is 13.0 Å². The van der Waals surface area contributed by atoms with Crippen molar-refractivity contribution >= 4 is 15.9 Å². The lowest BCUT2D eigenvalue weighted by Gasteiger charge is -2.15. The minimum absolute atomic E-state index is 0.468. The molecule has 1 aromatic carbocycles. The van der Waals surface area contributed by atoms with Crippen LogP contribution in [0.3, 0.4) is 0 Å². The zero-order chi connectivity index (χ0) is 11.4. The van der Waals surface area contributed by atoms with Crippen LogP contribution in [-0.4, -0.2) is 18.8 Å². The van der Waals surface area contributed by atoms with Gasteiger partial charge in [0.2, 0.25) is 0 Å². The van der Waals surface area contributed by atoms with Crippen LogP contribution in [-0.2, 0) is 0 Å². The summed E-state index contributed by atoms with van der Waals surface area (Å²) in [6, 6.07) is 3.73. The van der Waals surface area contributed by atoms with E-state index in [9.17, 15) is 5.11 Å². The highest BCUT2D eigenvalue weighted by atomic mass is 79.9. The normalized spacial score (nSPS) is 12.6. The number of hydrogen-bond donors (Lipinski definition) is 2. The third kappa shape index (κ3) is 2.93. The van der Waals surface area contributed by atoms with Crippen molar-refractivity contribution in [3.8, 4) is 5.75 Å². The summed E-state index contributed by atoms with van der Waals surface area (Å²) in [6.07, 6.45) is 0.0295. The van der Waals surface area contributed by atoms with E-state index < -0.39 is 6.10 Å². The van der Waals surface area contributed by atoms with Gasteiger partial charge in [0, 0.05) is 4.47 Å². The van der Waals surface area contributed by atoms with Crippen molar-refractivity contribution < 1.29 is 9.84 Å². The maximum atomic E-state index is 9.89. The van der Waals surface area contributed by atoms with Crippen LogP contribution in [0.5, 0.6) is 5.75 Å². The predicted molar refractivity (Wildman–Crippen MR) is 64.1 cm³/mol. The zero-order valence-corrected chi connectivity index (χ0v) is 10.5. The van der Waals surface area contributed by atoms with Gasteiger partial charge in [-0.1, -0.05) is 15.9 Å². The molecule has 3 N–H and O–H groups in total. The molecule has 0 aliphatic rings. The van der Waals surface area contributed by atoms with Crippen molar-refractivity contribution in [3.05, 3.63) is 27.7 Å². The second-order valence-electron chi connectivity index (χ2n) is 3.42. The Kier molecular flexibility index (Phi) is 4.57. The molecule has 0 fully saturated rings. The number of nitrogens with two attached hydrogens (primary N) is 1. The molecule has 1 aromatic rings. The third-order valence-electron chi connectivity index (χ3n) is 2.39. The SMILES string of the molecule is COc1cc(Br)c(C)c(C(O)CCN)c1. The quantitative estimate of drug-likeness (QED) is 0.884. The largest absolute Gasteiger partial charge is 0.497 e. The molecule has 0 aliphatic carbocycles. The summed E-state index contributed by atoms with van der Waals surface area (Å²) >= 11 is 3.43. The number of aliphatic hydroxyl groups excluding tert-OH is 1. The van der Waals surface area contributed by atoms with Gasteiger partial charge in [-0.25, -0.2) is 0 Å². The second kappa shape index (κ2) is 5.49. The van der Waals surface area contributed by atoms with E-state index >= 15 is 0 Å². The lowest BCUT2D eigenvalue weighted by molar-refractivity contribution is 0.169. The first-order chi connectivity index (χ1) is 7.10. The molecule has 1 atom stereocenters. The van der Waals surface area contributed by atoms with Gasteiger partial charge < -0.3 is 15.6 Å². The summed E-state index contributed by atoms with van der Waals surface area (Å²) in [7, 11) is 1.61. The Morgan fingerprint density at radius 2 is 2.20 bits per heavy atom. The molecule has 0 bridgehead atoms. The summed E-state index contributed by atoms with van der Waals surface area (Å²) < 4.78 is 6.08. The van der Waals surface area contributed by atoms with Gasteiger partial charge in [0.25, 0.3) is 0 Å². The molecule has 0 aliphatic heterocycles. The van der Waals surface area contributed by atoms with Crippen LogP contribution in [0.15, 0.2) is 16.6 Å². The van der Waals surface area contributed by atoms with Crippen LogP contribution in [0.1, 0.15) is 23.7 Å². The molecule has 0 aromatic heterocycles. The molecule has 0 spiro atoms. The van der Waals surface area contributed by atoms with Crippen LogP contribution in [0.4, 0.5) is 0 Å². The lowest BCUT2D eigenvalue weighted by Crippen LogP contribution is -2.08. The Balaban J connectivity index is 3.09. The number of rotatable bonds is 4. The van der Waals surface area contributed by atoms with Gasteiger partial charge in [-0.15, -0.1) is 0 Å². The molecule has 3 nitrogen and oxygen atoms in total. The maximum absolute atomic E-state index is 9.89. The molecule has 0 saturated heterocycles. The molecule has 0 amide bonds.